The summed E-state index contributed by atoms with van der Waals surface area (Å²) in [6.45, 7) is 0.597. The molecule has 37 heavy (non-hydrogen) atoms. The molecule has 1 unspecified atom stereocenters. The van der Waals surface area contributed by atoms with Gasteiger partial charge in [0.15, 0.2) is 0 Å². The van der Waals surface area contributed by atoms with Gasteiger partial charge in [-0.05, 0) is 28.8 Å². The number of nitrogens with zero attached hydrogens (tertiary/aromatic N) is 1. The predicted molar refractivity (Wildman–Crippen MR) is 141 cm³/mol. The van der Waals surface area contributed by atoms with E-state index in [2.05, 4.69) is 4.98 Å². The highest BCUT2D eigenvalue weighted by molar-refractivity contribution is 7.09. The number of benzene rings is 3. The Morgan fingerprint density at radius 2 is 1.62 bits per heavy atom. The Morgan fingerprint density at radius 1 is 0.946 bits per heavy atom. The first-order valence-electron chi connectivity index (χ1n) is 11.8. The van der Waals surface area contributed by atoms with Gasteiger partial charge in [-0.3, -0.25) is 9.78 Å². The number of amides is 1. The zero-order chi connectivity index (χ0) is 26.0. The molecule has 4 aromatic rings. The monoisotopic (exact) mass is 520 g/mol. The van der Waals surface area contributed by atoms with Gasteiger partial charge in [0, 0.05) is 6.42 Å². The lowest BCUT2D eigenvalue weighted by Gasteiger charge is -2.25. The van der Waals surface area contributed by atoms with Crippen LogP contribution in [0.15, 0.2) is 89.7 Å². The van der Waals surface area contributed by atoms with Crippen molar-refractivity contribution in [3.8, 4) is 11.6 Å². The number of ether oxygens (including phenoxy) is 2. The molecular formula is C28H28N2O6S. The number of carbonyl (C=O) groups excluding carboxylic acids is 1. The molecule has 1 amide bonds. The standard InChI is InChI=1S/C28H28N2O6S/c31-24(22-9-5-2-6-10-22)18-30(28(34)36-19-21-7-3-1-4-8-21)15-16-35-23-13-11-20(12-14-23)17-25-26(32)29-27(33)37-25/h1-14,24,31-32H,15-19H2,(H,29,33). The number of aromatic nitrogens is 1. The molecule has 0 aliphatic heterocycles. The summed E-state index contributed by atoms with van der Waals surface area (Å²) in [4.78, 5) is 28.3. The molecule has 9 heteroatoms. The van der Waals surface area contributed by atoms with Gasteiger partial charge in [-0.2, -0.15) is 0 Å². The van der Waals surface area contributed by atoms with Crippen LogP contribution in [-0.2, 0) is 17.8 Å². The smallest absolute Gasteiger partial charge is 0.410 e. The Labute approximate surface area is 218 Å². The van der Waals surface area contributed by atoms with Crippen LogP contribution in [0.1, 0.15) is 27.7 Å². The van der Waals surface area contributed by atoms with Crippen LogP contribution < -0.4 is 9.61 Å². The summed E-state index contributed by atoms with van der Waals surface area (Å²) in [5, 5.41) is 20.5. The topological polar surface area (TPSA) is 112 Å². The predicted octanol–water partition coefficient (Wildman–Crippen LogP) is 4.48. The van der Waals surface area contributed by atoms with Gasteiger partial charge in [0.2, 0.25) is 5.88 Å². The van der Waals surface area contributed by atoms with Gasteiger partial charge in [0.1, 0.15) is 19.0 Å². The Kier molecular flexibility index (Phi) is 8.96. The summed E-state index contributed by atoms with van der Waals surface area (Å²) >= 11 is 0.977. The molecule has 1 heterocycles. The van der Waals surface area contributed by atoms with Crippen LogP contribution >= 0.6 is 11.3 Å². The number of aliphatic hydroxyl groups excluding tert-OH is 1. The minimum Gasteiger partial charge on any atom is -0.494 e. The number of H-pyrrole nitrogens is 1. The Hall–Kier alpha value is -4.08. The van der Waals surface area contributed by atoms with Gasteiger partial charge >= 0.3 is 11.0 Å². The van der Waals surface area contributed by atoms with Crippen molar-refractivity contribution in [1.29, 1.82) is 0 Å². The number of rotatable bonds is 11. The highest BCUT2D eigenvalue weighted by Crippen LogP contribution is 2.22. The van der Waals surface area contributed by atoms with Gasteiger partial charge in [-0.25, -0.2) is 4.79 Å². The lowest BCUT2D eigenvalue weighted by molar-refractivity contribution is 0.0630. The van der Waals surface area contributed by atoms with Gasteiger partial charge in [-0.1, -0.05) is 84.1 Å². The highest BCUT2D eigenvalue weighted by Gasteiger charge is 2.20. The maximum atomic E-state index is 12.9. The first-order valence-corrected chi connectivity index (χ1v) is 12.6. The van der Waals surface area contributed by atoms with Crippen molar-refractivity contribution in [3.63, 3.8) is 0 Å². The maximum Gasteiger partial charge on any atom is 0.410 e. The number of aromatic amines is 1. The molecule has 0 aliphatic carbocycles. The van der Waals surface area contributed by atoms with Crippen LogP contribution in [0.5, 0.6) is 11.6 Å². The maximum absolute atomic E-state index is 12.9. The summed E-state index contributed by atoms with van der Waals surface area (Å²) in [7, 11) is 0. The molecule has 0 spiro atoms. The van der Waals surface area contributed by atoms with E-state index in [4.69, 9.17) is 9.47 Å². The summed E-state index contributed by atoms with van der Waals surface area (Å²) in [5.41, 5.74) is 2.49. The average molecular weight is 521 g/mol. The first-order chi connectivity index (χ1) is 18.0. The van der Waals surface area contributed by atoms with Crippen LogP contribution in [0.3, 0.4) is 0 Å². The number of aromatic hydroxyl groups is 1. The highest BCUT2D eigenvalue weighted by atomic mass is 32.1. The molecule has 4 rings (SSSR count). The molecule has 0 fully saturated rings. The van der Waals surface area contributed by atoms with E-state index < -0.39 is 12.2 Å². The normalized spacial score (nSPS) is 11.6. The summed E-state index contributed by atoms with van der Waals surface area (Å²) in [5.74, 6) is 0.503. The summed E-state index contributed by atoms with van der Waals surface area (Å²) in [6.07, 6.45) is -0.984. The molecule has 192 valence electrons. The van der Waals surface area contributed by atoms with E-state index in [0.717, 1.165) is 22.5 Å². The molecular weight excluding hydrogens is 492 g/mol. The molecule has 0 saturated heterocycles. The van der Waals surface area contributed by atoms with E-state index in [0.29, 0.717) is 22.6 Å². The number of carbonyl (C=O) groups is 1. The van der Waals surface area contributed by atoms with Gasteiger partial charge in [0.05, 0.1) is 24.1 Å². The molecule has 0 bridgehead atoms. The zero-order valence-corrected chi connectivity index (χ0v) is 20.9. The van der Waals surface area contributed by atoms with Crippen molar-refractivity contribution >= 4 is 17.4 Å². The van der Waals surface area contributed by atoms with E-state index in [-0.39, 0.29) is 37.1 Å². The van der Waals surface area contributed by atoms with E-state index in [9.17, 15) is 19.8 Å². The molecule has 8 nitrogen and oxygen atoms in total. The second-order valence-electron chi connectivity index (χ2n) is 8.37. The van der Waals surface area contributed by atoms with Crippen LogP contribution in [-0.4, -0.2) is 45.9 Å². The largest absolute Gasteiger partial charge is 0.494 e. The van der Waals surface area contributed by atoms with E-state index >= 15 is 0 Å². The van der Waals surface area contributed by atoms with Gasteiger partial charge in [0.25, 0.3) is 0 Å². The fourth-order valence-electron chi connectivity index (χ4n) is 3.69. The summed E-state index contributed by atoms with van der Waals surface area (Å²) in [6, 6.07) is 25.8. The van der Waals surface area contributed by atoms with Crippen LogP contribution in [0.25, 0.3) is 0 Å². The quantitative estimate of drug-likeness (QED) is 0.269. The van der Waals surface area contributed by atoms with Crippen LogP contribution in [0.4, 0.5) is 4.79 Å². The fourth-order valence-corrected chi connectivity index (χ4v) is 4.45. The summed E-state index contributed by atoms with van der Waals surface area (Å²) < 4.78 is 11.3. The number of thiazole rings is 1. The SMILES string of the molecule is O=C(OCc1ccccc1)N(CCOc1ccc(Cc2sc(=O)[nH]c2O)cc1)CC(O)c1ccccc1. The van der Waals surface area contributed by atoms with Crippen molar-refractivity contribution in [1.82, 2.24) is 9.88 Å². The van der Waals surface area contributed by atoms with Crippen LogP contribution in [0.2, 0.25) is 0 Å². The Morgan fingerprint density at radius 3 is 2.27 bits per heavy atom. The number of hydrogen-bond donors (Lipinski definition) is 3. The van der Waals surface area contributed by atoms with Crippen molar-refractivity contribution in [2.24, 2.45) is 0 Å². The third-order valence-electron chi connectivity index (χ3n) is 5.66. The van der Waals surface area contributed by atoms with E-state index in [1.807, 2.05) is 72.8 Å². The Bertz CT molecular complexity index is 1320. The fraction of sp³-hybridized carbons (Fsp3) is 0.214. The molecule has 1 aromatic heterocycles. The first kappa shape index (κ1) is 26.0. The molecule has 1 atom stereocenters. The van der Waals surface area contributed by atoms with E-state index in [1.54, 1.807) is 12.1 Å². The molecule has 3 N–H and O–H groups in total. The van der Waals surface area contributed by atoms with E-state index in [1.165, 1.54) is 4.90 Å². The third kappa shape index (κ3) is 7.70. The number of nitrogens with one attached hydrogen (secondary N) is 1. The second kappa shape index (κ2) is 12.8. The second-order valence-corrected chi connectivity index (χ2v) is 9.44. The molecule has 3 aromatic carbocycles. The number of aliphatic hydroxyl groups is 1. The number of hydrogen-bond acceptors (Lipinski definition) is 7. The minimum atomic E-state index is -0.870. The third-order valence-corrected chi connectivity index (χ3v) is 6.53. The van der Waals surface area contributed by atoms with Crippen molar-refractivity contribution < 1.29 is 24.5 Å². The lowest BCUT2D eigenvalue weighted by Crippen LogP contribution is -2.38. The molecule has 0 radical (unpaired) electrons. The van der Waals surface area contributed by atoms with Crippen molar-refractivity contribution in [3.05, 3.63) is 116 Å². The minimum absolute atomic E-state index is 0.0585. The molecule has 0 aliphatic rings. The van der Waals surface area contributed by atoms with Crippen LogP contribution in [0, 0.1) is 0 Å². The van der Waals surface area contributed by atoms with Crippen molar-refractivity contribution in [2.75, 3.05) is 19.7 Å². The average Bonchev–Trinajstić information content (AvgIpc) is 3.24. The lowest BCUT2D eigenvalue weighted by atomic mass is 10.1. The van der Waals surface area contributed by atoms with Crippen molar-refractivity contribution in [2.45, 2.75) is 19.1 Å². The Balaban J connectivity index is 1.34. The van der Waals surface area contributed by atoms with Gasteiger partial charge < -0.3 is 24.6 Å². The molecule has 0 saturated carbocycles. The van der Waals surface area contributed by atoms with Gasteiger partial charge in [-0.15, -0.1) is 0 Å². The zero-order valence-electron chi connectivity index (χ0n) is 20.1.